The highest BCUT2D eigenvalue weighted by Crippen LogP contribution is 2.29. The Hall–Kier alpha value is -3.89. The predicted octanol–water partition coefficient (Wildman–Crippen LogP) is 4.53. The maximum Gasteiger partial charge on any atom is 0.407 e. The summed E-state index contributed by atoms with van der Waals surface area (Å²) in [5, 5.41) is 25.3. The zero-order chi connectivity index (χ0) is 27.8. The Morgan fingerprint density at radius 2 is 1.72 bits per heavy atom. The highest BCUT2D eigenvalue weighted by molar-refractivity contribution is 7.09. The van der Waals surface area contributed by atoms with Crippen LogP contribution in [0, 0.1) is 0 Å². The lowest BCUT2D eigenvalue weighted by Crippen LogP contribution is -2.46. The quantitative estimate of drug-likeness (QED) is 0.205. The minimum absolute atomic E-state index is 0.0753. The van der Waals surface area contributed by atoms with Crippen molar-refractivity contribution in [3.05, 3.63) is 105 Å². The van der Waals surface area contributed by atoms with Gasteiger partial charge >= 0.3 is 11.8 Å². The van der Waals surface area contributed by atoms with E-state index in [9.17, 15) is 19.8 Å². The van der Waals surface area contributed by atoms with E-state index in [-0.39, 0.29) is 24.8 Å². The Kier molecular flexibility index (Phi) is 9.56. The zero-order valence-electron chi connectivity index (χ0n) is 22.0. The number of rotatable bonds is 12. The summed E-state index contributed by atoms with van der Waals surface area (Å²) in [4.78, 5) is 33.3. The number of ether oxygens (including phenoxy) is 1. The number of aliphatic hydroxyl groups excluding tert-OH is 1. The lowest BCUT2D eigenvalue weighted by atomic mass is 9.93. The van der Waals surface area contributed by atoms with Crippen LogP contribution in [-0.2, 0) is 24.2 Å². The maximum absolute atomic E-state index is 13.0. The molecule has 1 amide bonds. The van der Waals surface area contributed by atoms with Gasteiger partial charge in [0.1, 0.15) is 6.61 Å². The third kappa shape index (κ3) is 7.58. The number of hydrogen-bond acceptors (Lipinski definition) is 7. The molecule has 0 saturated carbocycles. The number of imidazole rings is 1. The van der Waals surface area contributed by atoms with E-state index in [2.05, 4.69) is 15.3 Å². The van der Waals surface area contributed by atoms with Crippen molar-refractivity contribution in [1.29, 1.82) is 0 Å². The lowest BCUT2D eigenvalue weighted by molar-refractivity contribution is 0.0852. The number of nitrogens with zero attached hydrogens (tertiary/aromatic N) is 2. The van der Waals surface area contributed by atoms with E-state index in [0.29, 0.717) is 18.5 Å². The molecule has 0 aliphatic rings. The Balaban J connectivity index is 1.58. The molecule has 0 aliphatic heterocycles. The van der Waals surface area contributed by atoms with Gasteiger partial charge in [-0.15, -0.1) is 11.3 Å². The van der Waals surface area contributed by atoms with E-state index in [0.717, 1.165) is 16.0 Å². The SMILES string of the molecule is CC(C)c1[nH]c(=O)n(C(Cc2ccccc2)CC(O)C(Cc2ccccc2)NC(=O)OCc2cncs2)c1O. The molecular formula is C29H34N4O5S. The van der Waals surface area contributed by atoms with Crippen LogP contribution in [-0.4, -0.2) is 43.0 Å². The van der Waals surface area contributed by atoms with Gasteiger partial charge in [-0.1, -0.05) is 74.5 Å². The summed E-state index contributed by atoms with van der Waals surface area (Å²) < 4.78 is 6.68. The molecule has 39 heavy (non-hydrogen) atoms. The van der Waals surface area contributed by atoms with Crippen molar-refractivity contribution in [3.63, 3.8) is 0 Å². The molecular weight excluding hydrogens is 516 g/mol. The maximum atomic E-state index is 13.0. The standard InChI is InChI=1S/C29H34N4O5S/c1-19(2)26-27(35)33(28(36)32-26)22(13-20-9-5-3-6-10-20)15-25(34)24(14-21-11-7-4-8-12-21)31-29(37)38-17-23-16-30-18-39-23/h3-12,16,18-19,22,24-25,34-35H,13-15,17H2,1-2H3,(H,31,37)(H,32,36). The largest absolute Gasteiger partial charge is 0.493 e. The smallest absolute Gasteiger partial charge is 0.407 e. The summed E-state index contributed by atoms with van der Waals surface area (Å²) in [6.45, 7) is 3.84. The van der Waals surface area contributed by atoms with Crippen LogP contribution in [0.1, 0.15) is 53.9 Å². The van der Waals surface area contributed by atoms with Crippen molar-refractivity contribution in [2.45, 2.75) is 63.8 Å². The fraction of sp³-hybridized carbons (Fsp3) is 0.345. The Bertz CT molecular complexity index is 1370. The van der Waals surface area contributed by atoms with Crippen LogP contribution in [0.4, 0.5) is 4.79 Å². The first-order valence-corrected chi connectivity index (χ1v) is 13.8. The summed E-state index contributed by atoms with van der Waals surface area (Å²) in [6.07, 6.45) is 0.764. The Morgan fingerprint density at radius 1 is 1.08 bits per heavy atom. The first-order valence-electron chi connectivity index (χ1n) is 12.9. The van der Waals surface area contributed by atoms with Gasteiger partial charge in [-0.05, 0) is 36.3 Å². The number of thiazole rings is 1. The summed E-state index contributed by atoms with van der Waals surface area (Å²) >= 11 is 1.38. The molecule has 0 radical (unpaired) electrons. The lowest BCUT2D eigenvalue weighted by Gasteiger charge is -2.28. The Labute approximate surface area is 231 Å². The fourth-order valence-corrected chi connectivity index (χ4v) is 5.11. The third-order valence-corrected chi connectivity index (χ3v) is 7.35. The van der Waals surface area contributed by atoms with Crippen molar-refractivity contribution in [1.82, 2.24) is 19.9 Å². The number of benzene rings is 2. The number of carbonyl (C=O) groups excluding carboxylic acids is 1. The van der Waals surface area contributed by atoms with Crippen molar-refractivity contribution < 1.29 is 19.7 Å². The number of H-pyrrole nitrogens is 1. The Morgan fingerprint density at radius 3 is 2.28 bits per heavy atom. The van der Waals surface area contributed by atoms with Gasteiger partial charge in [-0.25, -0.2) is 9.59 Å². The molecule has 206 valence electrons. The van der Waals surface area contributed by atoms with Crippen molar-refractivity contribution in [2.75, 3.05) is 0 Å². The van der Waals surface area contributed by atoms with Crippen LogP contribution in [0.15, 0.2) is 77.2 Å². The summed E-state index contributed by atoms with van der Waals surface area (Å²) in [7, 11) is 0. The molecule has 3 atom stereocenters. The van der Waals surface area contributed by atoms with Crippen molar-refractivity contribution in [3.8, 4) is 5.88 Å². The summed E-state index contributed by atoms with van der Waals surface area (Å²) in [5.41, 5.74) is 3.53. The number of aromatic hydroxyl groups is 1. The van der Waals surface area contributed by atoms with Gasteiger partial charge in [0.25, 0.3) is 0 Å². The second-order valence-corrected chi connectivity index (χ2v) is 10.8. The van der Waals surface area contributed by atoms with Gasteiger partial charge in [-0.3, -0.25) is 9.55 Å². The minimum Gasteiger partial charge on any atom is -0.493 e. The third-order valence-electron chi connectivity index (χ3n) is 6.59. The first-order chi connectivity index (χ1) is 18.8. The molecule has 10 heteroatoms. The summed E-state index contributed by atoms with van der Waals surface area (Å²) in [5.74, 6) is -0.235. The molecule has 0 saturated heterocycles. The molecule has 2 heterocycles. The van der Waals surface area contributed by atoms with Gasteiger partial charge in [0.15, 0.2) is 0 Å². The average molecular weight is 551 g/mol. The van der Waals surface area contributed by atoms with E-state index in [1.165, 1.54) is 15.9 Å². The van der Waals surface area contributed by atoms with Crippen LogP contribution in [0.2, 0.25) is 0 Å². The van der Waals surface area contributed by atoms with Crippen molar-refractivity contribution in [2.24, 2.45) is 0 Å². The number of hydrogen-bond donors (Lipinski definition) is 4. The van der Waals surface area contributed by atoms with Crippen LogP contribution in [0.5, 0.6) is 5.88 Å². The predicted molar refractivity (Wildman–Crippen MR) is 150 cm³/mol. The van der Waals surface area contributed by atoms with E-state index < -0.39 is 30.0 Å². The van der Waals surface area contributed by atoms with Crippen LogP contribution >= 0.6 is 11.3 Å². The average Bonchev–Trinajstić information content (AvgIpc) is 3.55. The van der Waals surface area contributed by atoms with Crippen LogP contribution < -0.4 is 11.0 Å². The number of aromatic amines is 1. The minimum atomic E-state index is -1.06. The molecule has 0 bridgehead atoms. The molecule has 0 aliphatic carbocycles. The van der Waals surface area contributed by atoms with E-state index in [1.54, 1.807) is 11.7 Å². The highest BCUT2D eigenvalue weighted by Gasteiger charge is 2.30. The molecule has 0 spiro atoms. The molecule has 2 aromatic heterocycles. The molecule has 4 rings (SSSR count). The highest BCUT2D eigenvalue weighted by atomic mass is 32.1. The number of amides is 1. The van der Waals surface area contributed by atoms with Crippen LogP contribution in [0.3, 0.4) is 0 Å². The molecule has 2 aromatic carbocycles. The van der Waals surface area contributed by atoms with E-state index >= 15 is 0 Å². The van der Waals surface area contributed by atoms with Crippen LogP contribution in [0.25, 0.3) is 0 Å². The number of alkyl carbamates (subject to hydrolysis) is 1. The molecule has 3 unspecified atom stereocenters. The van der Waals surface area contributed by atoms with Crippen molar-refractivity contribution >= 4 is 17.4 Å². The zero-order valence-corrected chi connectivity index (χ0v) is 22.8. The topological polar surface area (TPSA) is 129 Å². The number of aromatic nitrogens is 3. The molecule has 0 fully saturated rings. The van der Waals surface area contributed by atoms with Gasteiger partial charge in [0.05, 0.1) is 28.2 Å². The number of carbonyl (C=O) groups is 1. The van der Waals surface area contributed by atoms with Gasteiger partial charge < -0.3 is 25.3 Å². The second kappa shape index (κ2) is 13.3. The summed E-state index contributed by atoms with van der Waals surface area (Å²) in [6, 6.07) is 17.8. The van der Waals surface area contributed by atoms with Gasteiger partial charge in [0.2, 0.25) is 5.88 Å². The van der Waals surface area contributed by atoms with E-state index in [1.807, 2.05) is 74.5 Å². The van der Waals surface area contributed by atoms with E-state index in [4.69, 9.17) is 4.74 Å². The second-order valence-electron chi connectivity index (χ2n) is 9.82. The molecule has 9 nitrogen and oxygen atoms in total. The number of aliphatic hydroxyl groups is 1. The number of nitrogens with one attached hydrogen (secondary N) is 2. The molecule has 4 aromatic rings. The molecule has 4 N–H and O–H groups in total. The fourth-order valence-electron chi connectivity index (χ4n) is 4.60. The van der Waals surface area contributed by atoms with Gasteiger partial charge in [0, 0.05) is 12.2 Å². The van der Waals surface area contributed by atoms with Gasteiger partial charge in [-0.2, -0.15) is 0 Å². The normalized spacial score (nSPS) is 13.6. The first kappa shape index (κ1) is 28.1. The monoisotopic (exact) mass is 550 g/mol.